The van der Waals surface area contributed by atoms with Crippen LogP contribution in [-0.4, -0.2) is 44.9 Å². The van der Waals surface area contributed by atoms with Crippen LogP contribution in [0.1, 0.15) is 35.4 Å². The highest BCUT2D eigenvalue weighted by Gasteiger charge is 2.21. The number of carboxylic acids is 1. The van der Waals surface area contributed by atoms with Crippen molar-refractivity contribution in [1.82, 2.24) is 14.9 Å². The number of aliphatic carboxylic acids is 1. The van der Waals surface area contributed by atoms with Gasteiger partial charge in [-0.15, -0.1) is 0 Å². The number of hydrogen-bond donors (Lipinski definition) is 1. The average Bonchev–Trinajstić information content (AvgIpc) is 2.24. The van der Waals surface area contributed by atoms with Gasteiger partial charge >= 0.3 is 5.97 Å². The van der Waals surface area contributed by atoms with E-state index in [0.29, 0.717) is 17.2 Å². The Morgan fingerprint density at radius 3 is 2.50 bits per heavy atom. The summed E-state index contributed by atoms with van der Waals surface area (Å²) in [6.07, 6.45) is -0.0920. The zero-order chi connectivity index (χ0) is 13.9. The van der Waals surface area contributed by atoms with Crippen LogP contribution in [0.5, 0.6) is 0 Å². The van der Waals surface area contributed by atoms with Gasteiger partial charge in [0.25, 0.3) is 5.91 Å². The summed E-state index contributed by atoms with van der Waals surface area (Å²) in [6, 6.07) is 1.21. The Labute approximate surface area is 106 Å². The molecule has 0 aliphatic carbocycles. The van der Waals surface area contributed by atoms with Gasteiger partial charge in [0.2, 0.25) is 0 Å². The molecule has 6 heteroatoms. The molecule has 0 saturated carbocycles. The Kier molecular flexibility index (Phi) is 4.36. The number of carbonyl (C=O) groups excluding carboxylic acids is 1. The van der Waals surface area contributed by atoms with Gasteiger partial charge in [0, 0.05) is 18.8 Å². The van der Waals surface area contributed by atoms with Crippen LogP contribution in [0.2, 0.25) is 0 Å². The van der Waals surface area contributed by atoms with Crippen LogP contribution >= 0.6 is 0 Å². The van der Waals surface area contributed by atoms with Crippen LogP contribution in [0.3, 0.4) is 0 Å². The van der Waals surface area contributed by atoms with Crippen molar-refractivity contribution in [3.63, 3.8) is 0 Å². The van der Waals surface area contributed by atoms with Crippen molar-refractivity contribution in [2.45, 2.75) is 33.2 Å². The molecule has 0 bridgehead atoms. The maximum Gasteiger partial charge on any atom is 0.305 e. The van der Waals surface area contributed by atoms with E-state index in [1.165, 1.54) is 4.90 Å². The highest BCUT2D eigenvalue weighted by molar-refractivity contribution is 5.92. The second-order valence-electron chi connectivity index (χ2n) is 4.30. The molecule has 18 heavy (non-hydrogen) atoms. The van der Waals surface area contributed by atoms with Gasteiger partial charge in [-0.3, -0.25) is 9.59 Å². The largest absolute Gasteiger partial charge is 0.481 e. The van der Waals surface area contributed by atoms with Crippen molar-refractivity contribution in [3.05, 3.63) is 23.3 Å². The molecule has 1 aromatic heterocycles. The van der Waals surface area contributed by atoms with E-state index in [2.05, 4.69) is 9.97 Å². The van der Waals surface area contributed by atoms with Crippen molar-refractivity contribution in [3.8, 4) is 0 Å². The summed E-state index contributed by atoms with van der Waals surface area (Å²) in [7, 11) is 1.57. The molecule has 1 unspecified atom stereocenters. The molecule has 6 nitrogen and oxygen atoms in total. The van der Waals surface area contributed by atoms with Crippen molar-refractivity contribution in [2.75, 3.05) is 7.05 Å². The summed E-state index contributed by atoms with van der Waals surface area (Å²) in [5.74, 6) is -0.702. The lowest BCUT2D eigenvalue weighted by Crippen LogP contribution is -2.37. The summed E-state index contributed by atoms with van der Waals surface area (Å²) in [6.45, 7) is 5.18. The van der Waals surface area contributed by atoms with Crippen LogP contribution in [-0.2, 0) is 4.79 Å². The lowest BCUT2D eigenvalue weighted by molar-refractivity contribution is -0.137. The first-order valence-corrected chi connectivity index (χ1v) is 5.62. The first-order valence-electron chi connectivity index (χ1n) is 5.62. The molecular formula is C12H17N3O3. The highest BCUT2D eigenvalue weighted by Crippen LogP contribution is 2.08. The molecule has 1 N–H and O–H groups in total. The fourth-order valence-corrected chi connectivity index (χ4v) is 1.60. The summed E-state index contributed by atoms with van der Waals surface area (Å²) in [5, 5.41) is 8.71. The van der Waals surface area contributed by atoms with E-state index in [-0.39, 0.29) is 18.4 Å². The molecule has 1 rings (SSSR count). The van der Waals surface area contributed by atoms with Gasteiger partial charge in [-0.05, 0) is 26.8 Å². The van der Waals surface area contributed by atoms with E-state index in [9.17, 15) is 9.59 Å². The van der Waals surface area contributed by atoms with Crippen LogP contribution < -0.4 is 0 Å². The minimum Gasteiger partial charge on any atom is -0.481 e. The van der Waals surface area contributed by atoms with Crippen LogP contribution in [0.4, 0.5) is 0 Å². The lowest BCUT2D eigenvalue weighted by Gasteiger charge is -2.23. The molecule has 0 aliphatic heterocycles. The minimum absolute atomic E-state index is 0.0920. The van der Waals surface area contributed by atoms with E-state index >= 15 is 0 Å². The van der Waals surface area contributed by atoms with Gasteiger partial charge in [0.15, 0.2) is 0 Å². The monoisotopic (exact) mass is 251 g/mol. The quantitative estimate of drug-likeness (QED) is 0.864. The highest BCUT2D eigenvalue weighted by atomic mass is 16.4. The summed E-state index contributed by atoms with van der Waals surface area (Å²) in [5.41, 5.74) is 1.00. The number of rotatable bonds is 4. The van der Waals surface area contributed by atoms with Gasteiger partial charge in [-0.2, -0.15) is 0 Å². The summed E-state index contributed by atoms with van der Waals surface area (Å²) >= 11 is 0. The van der Waals surface area contributed by atoms with Crippen LogP contribution in [0.25, 0.3) is 0 Å². The van der Waals surface area contributed by atoms with E-state index in [1.54, 1.807) is 33.9 Å². The van der Waals surface area contributed by atoms with Gasteiger partial charge in [0.1, 0.15) is 11.5 Å². The molecule has 0 spiro atoms. The number of aryl methyl sites for hydroxylation is 2. The molecule has 1 aromatic rings. The third-order valence-electron chi connectivity index (χ3n) is 2.64. The first kappa shape index (κ1) is 14.1. The van der Waals surface area contributed by atoms with Crippen molar-refractivity contribution in [1.29, 1.82) is 0 Å². The van der Waals surface area contributed by atoms with E-state index in [4.69, 9.17) is 5.11 Å². The number of carboxylic acid groups (broad SMARTS) is 1. The fourth-order valence-electron chi connectivity index (χ4n) is 1.60. The van der Waals surface area contributed by atoms with E-state index in [0.717, 1.165) is 0 Å². The number of nitrogens with zero attached hydrogens (tertiary/aromatic N) is 3. The normalized spacial score (nSPS) is 12.0. The van der Waals surface area contributed by atoms with Gasteiger partial charge in [-0.1, -0.05) is 0 Å². The number of amides is 1. The fraction of sp³-hybridized carbons (Fsp3) is 0.500. The van der Waals surface area contributed by atoms with Crippen molar-refractivity contribution < 1.29 is 14.7 Å². The van der Waals surface area contributed by atoms with Crippen LogP contribution in [0.15, 0.2) is 6.07 Å². The third-order valence-corrected chi connectivity index (χ3v) is 2.64. The topological polar surface area (TPSA) is 83.4 Å². The number of carbonyl (C=O) groups is 2. The Morgan fingerprint density at radius 1 is 1.39 bits per heavy atom. The van der Waals surface area contributed by atoms with E-state index < -0.39 is 5.97 Å². The smallest absolute Gasteiger partial charge is 0.305 e. The Hall–Kier alpha value is -1.98. The number of hydrogen-bond acceptors (Lipinski definition) is 4. The Morgan fingerprint density at radius 2 is 2.00 bits per heavy atom. The van der Waals surface area contributed by atoms with E-state index in [1.807, 2.05) is 0 Å². The molecule has 0 aliphatic rings. The zero-order valence-electron chi connectivity index (χ0n) is 11.0. The zero-order valence-corrected chi connectivity index (χ0v) is 11.0. The second-order valence-corrected chi connectivity index (χ2v) is 4.30. The second kappa shape index (κ2) is 5.57. The molecule has 0 aromatic carbocycles. The predicted octanol–water partition coefficient (Wildman–Crippen LogP) is 1.03. The average molecular weight is 251 g/mol. The molecule has 0 saturated heterocycles. The Balaban J connectivity index is 2.89. The number of aromatic nitrogens is 2. The maximum absolute atomic E-state index is 12.1. The van der Waals surface area contributed by atoms with Crippen molar-refractivity contribution in [2.24, 2.45) is 0 Å². The SMILES string of the molecule is Cc1cc(C(=O)N(C)C(C)CC(=O)O)nc(C)n1. The molecule has 0 radical (unpaired) electrons. The standard InChI is InChI=1S/C12H17N3O3/c1-7-5-10(14-9(3)13-7)12(18)15(4)8(2)6-11(16)17/h5,8H,6H2,1-4H3,(H,16,17). The van der Waals surface area contributed by atoms with Gasteiger partial charge in [-0.25, -0.2) is 9.97 Å². The molecule has 1 atom stereocenters. The molecule has 98 valence electrons. The first-order chi connectivity index (χ1) is 8.31. The molecular weight excluding hydrogens is 234 g/mol. The Bertz CT molecular complexity index is 453. The summed E-state index contributed by atoms with van der Waals surface area (Å²) in [4.78, 5) is 32.3. The lowest BCUT2D eigenvalue weighted by atomic mass is 10.2. The van der Waals surface area contributed by atoms with Gasteiger partial charge in [0.05, 0.1) is 6.42 Å². The molecule has 1 amide bonds. The van der Waals surface area contributed by atoms with Gasteiger partial charge < -0.3 is 10.0 Å². The maximum atomic E-state index is 12.1. The van der Waals surface area contributed by atoms with Crippen LogP contribution in [0, 0.1) is 13.8 Å². The minimum atomic E-state index is -0.933. The third kappa shape index (κ3) is 3.51. The molecule has 0 fully saturated rings. The predicted molar refractivity (Wildman–Crippen MR) is 65.3 cm³/mol. The molecule has 1 heterocycles. The van der Waals surface area contributed by atoms with Crippen molar-refractivity contribution >= 4 is 11.9 Å². The summed E-state index contributed by atoms with van der Waals surface area (Å²) < 4.78 is 0.